The average molecular weight is 252 g/mol. The number of nitrogens with one attached hydrogen (secondary N) is 1. The van der Waals surface area contributed by atoms with Crippen molar-refractivity contribution >= 4 is 5.91 Å². The molecule has 1 saturated carbocycles. The van der Waals surface area contributed by atoms with Crippen molar-refractivity contribution < 1.29 is 4.79 Å². The van der Waals surface area contributed by atoms with E-state index in [2.05, 4.69) is 31.0 Å². The number of rotatable bonds is 3. The summed E-state index contributed by atoms with van der Waals surface area (Å²) in [6.45, 7) is 8.55. The van der Waals surface area contributed by atoms with Crippen LogP contribution in [0, 0.1) is 5.92 Å². The van der Waals surface area contributed by atoms with Crippen LogP contribution in [-0.4, -0.2) is 28.6 Å². The lowest BCUT2D eigenvalue weighted by molar-refractivity contribution is -0.135. The molecule has 104 valence electrons. The van der Waals surface area contributed by atoms with Gasteiger partial charge in [0.15, 0.2) is 0 Å². The molecule has 0 spiro atoms. The molecule has 1 N–H and O–H groups in total. The molecule has 18 heavy (non-hydrogen) atoms. The second-order valence-corrected chi connectivity index (χ2v) is 6.30. The summed E-state index contributed by atoms with van der Waals surface area (Å²) in [7, 11) is 0. The van der Waals surface area contributed by atoms with Crippen LogP contribution in [0.1, 0.15) is 66.2 Å². The van der Waals surface area contributed by atoms with Gasteiger partial charge in [0.05, 0.1) is 11.7 Å². The van der Waals surface area contributed by atoms with Crippen LogP contribution in [0.2, 0.25) is 0 Å². The molecule has 1 amide bonds. The van der Waals surface area contributed by atoms with Crippen molar-refractivity contribution in [3.63, 3.8) is 0 Å². The maximum atomic E-state index is 12.6. The summed E-state index contributed by atoms with van der Waals surface area (Å²) in [5, 5.41) is 3.48. The molecule has 2 rings (SSSR count). The van der Waals surface area contributed by atoms with Gasteiger partial charge in [-0.1, -0.05) is 20.3 Å². The second-order valence-electron chi connectivity index (χ2n) is 6.30. The number of carbonyl (C=O) groups is 1. The van der Waals surface area contributed by atoms with Crippen molar-refractivity contribution in [2.24, 2.45) is 5.92 Å². The highest BCUT2D eigenvalue weighted by molar-refractivity contribution is 5.88. The predicted octanol–water partition coefficient (Wildman–Crippen LogP) is 2.90. The van der Waals surface area contributed by atoms with Gasteiger partial charge in [-0.15, -0.1) is 0 Å². The van der Waals surface area contributed by atoms with Gasteiger partial charge >= 0.3 is 0 Å². The molecule has 2 fully saturated rings. The first kappa shape index (κ1) is 13.9. The molecule has 0 aromatic carbocycles. The van der Waals surface area contributed by atoms with E-state index >= 15 is 0 Å². The van der Waals surface area contributed by atoms with E-state index in [1.54, 1.807) is 0 Å². The molecule has 2 unspecified atom stereocenters. The molecule has 0 bridgehead atoms. The standard InChI is InChI=1S/C15H28N2O/c1-5-12-7-9-13(10-8-12)17-11(3)16-15(4,6-2)14(17)18/h11-13,16H,5-10H2,1-4H3. The van der Waals surface area contributed by atoms with Crippen LogP contribution in [0.3, 0.4) is 0 Å². The Hall–Kier alpha value is -0.570. The van der Waals surface area contributed by atoms with E-state index in [-0.39, 0.29) is 11.7 Å². The van der Waals surface area contributed by atoms with Crippen LogP contribution >= 0.6 is 0 Å². The molecule has 3 heteroatoms. The summed E-state index contributed by atoms with van der Waals surface area (Å²) in [5.41, 5.74) is -0.332. The van der Waals surface area contributed by atoms with Crippen LogP contribution in [0.4, 0.5) is 0 Å². The number of carbonyl (C=O) groups excluding carboxylic acids is 1. The molecule has 2 aliphatic rings. The minimum atomic E-state index is -0.332. The predicted molar refractivity (Wildman–Crippen MR) is 74.2 cm³/mol. The Bertz CT molecular complexity index is 310. The van der Waals surface area contributed by atoms with Crippen molar-refractivity contribution in [1.82, 2.24) is 10.2 Å². The van der Waals surface area contributed by atoms with E-state index in [1.807, 2.05) is 6.92 Å². The van der Waals surface area contributed by atoms with Crippen LogP contribution < -0.4 is 5.32 Å². The number of hydrogen-bond acceptors (Lipinski definition) is 2. The van der Waals surface area contributed by atoms with Crippen molar-refractivity contribution in [2.45, 2.75) is 84.0 Å². The van der Waals surface area contributed by atoms with Crippen LogP contribution in [-0.2, 0) is 4.79 Å². The van der Waals surface area contributed by atoms with E-state index < -0.39 is 0 Å². The lowest BCUT2D eigenvalue weighted by atomic mass is 9.83. The van der Waals surface area contributed by atoms with Crippen molar-refractivity contribution in [1.29, 1.82) is 0 Å². The van der Waals surface area contributed by atoms with Crippen molar-refractivity contribution in [3.8, 4) is 0 Å². The van der Waals surface area contributed by atoms with E-state index in [4.69, 9.17) is 0 Å². The Kier molecular flexibility index (Phi) is 4.00. The SMILES string of the molecule is CCC1CCC(N2C(=O)C(C)(CC)NC2C)CC1. The first-order valence-corrected chi connectivity index (χ1v) is 7.62. The third-order valence-corrected chi connectivity index (χ3v) is 5.15. The zero-order valence-corrected chi connectivity index (χ0v) is 12.3. The third kappa shape index (κ3) is 2.29. The summed E-state index contributed by atoms with van der Waals surface area (Å²) in [4.78, 5) is 14.7. The topological polar surface area (TPSA) is 32.3 Å². The molecular formula is C15H28N2O. The molecule has 0 aromatic heterocycles. The van der Waals surface area contributed by atoms with Gasteiger partial charge < -0.3 is 4.90 Å². The van der Waals surface area contributed by atoms with Crippen molar-refractivity contribution in [3.05, 3.63) is 0 Å². The quantitative estimate of drug-likeness (QED) is 0.837. The molecule has 0 aromatic rings. The summed E-state index contributed by atoms with van der Waals surface area (Å²) < 4.78 is 0. The minimum absolute atomic E-state index is 0.200. The Labute approximate surface area is 111 Å². The summed E-state index contributed by atoms with van der Waals surface area (Å²) in [6, 6.07) is 0.469. The van der Waals surface area contributed by atoms with Gasteiger partial charge in [-0.25, -0.2) is 0 Å². The first-order chi connectivity index (χ1) is 8.51. The largest absolute Gasteiger partial charge is 0.323 e. The van der Waals surface area contributed by atoms with Crippen molar-refractivity contribution in [2.75, 3.05) is 0 Å². The first-order valence-electron chi connectivity index (χ1n) is 7.62. The number of amides is 1. The fourth-order valence-electron chi connectivity index (χ4n) is 3.62. The Morgan fingerprint density at radius 3 is 2.33 bits per heavy atom. The zero-order chi connectivity index (χ0) is 13.3. The van der Waals surface area contributed by atoms with Gasteiger partial charge in [0.1, 0.15) is 0 Å². The molecule has 0 radical (unpaired) electrons. The van der Waals surface area contributed by atoms with E-state index in [1.165, 1.54) is 32.1 Å². The van der Waals surface area contributed by atoms with Crippen LogP contribution in [0.15, 0.2) is 0 Å². The van der Waals surface area contributed by atoms with Gasteiger partial charge in [-0.05, 0) is 51.9 Å². The molecule has 1 aliphatic heterocycles. The highest BCUT2D eigenvalue weighted by atomic mass is 16.2. The number of nitrogens with zero attached hydrogens (tertiary/aromatic N) is 1. The Morgan fingerprint density at radius 2 is 1.89 bits per heavy atom. The normalized spacial score (nSPS) is 41.4. The molecule has 1 saturated heterocycles. The smallest absolute Gasteiger partial charge is 0.244 e. The van der Waals surface area contributed by atoms with Crippen LogP contribution in [0.5, 0.6) is 0 Å². The zero-order valence-electron chi connectivity index (χ0n) is 12.3. The summed E-state index contributed by atoms with van der Waals surface area (Å²) >= 11 is 0. The molecular weight excluding hydrogens is 224 g/mol. The lowest BCUT2D eigenvalue weighted by Gasteiger charge is -2.36. The van der Waals surface area contributed by atoms with Crippen LogP contribution in [0.25, 0.3) is 0 Å². The minimum Gasteiger partial charge on any atom is -0.323 e. The fraction of sp³-hybridized carbons (Fsp3) is 0.933. The van der Waals surface area contributed by atoms with E-state index in [9.17, 15) is 4.79 Å². The highest BCUT2D eigenvalue weighted by Crippen LogP contribution is 2.34. The molecule has 1 aliphatic carbocycles. The maximum Gasteiger partial charge on any atom is 0.244 e. The maximum absolute atomic E-state index is 12.6. The van der Waals surface area contributed by atoms with Gasteiger partial charge in [0, 0.05) is 6.04 Å². The Balaban J connectivity index is 2.03. The molecule has 3 nitrogen and oxygen atoms in total. The fourth-order valence-corrected chi connectivity index (χ4v) is 3.62. The Morgan fingerprint density at radius 1 is 1.28 bits per heavy atom. The summed E-state index contributed by atoms with van der Waals surface area (Å²) in [6.07, 6.45) is 7.33. The second kappa shape index (κ2) is 5.20. The average Bonchev–Trinajstić information content (AvgIpc) is 2.61. The monoisotopic (exact) mass is 252 g/mol. The lowest BCUT2D eigenvalue weighted by Crippen LogP contribution is -2.46. The molecule has 2 atom stereocenters. The van der Waals surface area contributed by atoms with E-state index in [0.29, 0.717) is 11.9 Å². The van der Waals surface area contributed by atoms with Gasteiger partial charge in [0.2, 0.25) is 5.91 Å². The van der Waals surface area contributed by atoms with Gasteiger partial charge in [-0.2, -0.15) is 0 Å². The third-order valence-electron chi connectivity index (χ3n) is 5.15. The van der Waals surface area contributed by atoms with E-state index in [0.717, 1.165) is 12.3 Å². The van der Waals surface area contributed by atoms with Gasteiger partial charge in [-0.3, -0.25) is 10.1 Å². The summed E-state index contributed by atoms with van der Waals surface area (Å²) in [5.74, 6) is 1.21. The number of hydrogen-bond donors (Lipinski definition) is 1. The molecule has 1 heterocycles. The highest BCUT2D eigenvalue weighted by Gasteiger charge is 2.47. The van der Waals surface area contributed by atoms with Gasteiger partial charge in [0.25, 0.3) is 0 Å².